The van der Waals surface area contributed by atoms with Gasteiger partial charge in [-0.15, -0.1) is 6.58 Å². The van der Waals surface area contributed by atoms with Crippen LogP contribution in [0.1, 0.15) is 19.4 Å². The molecule has 0 spiro atoms. The molecule has 0 saturated carbocycles. The fourth-order valence-corrected chi connectivity index (χ4v) is 1.57. The van der Waals surface area contributed by atoms with Gasteiger partial charge in [-0.1, -0.05) is 25.1 Å². The van der Waals surface area contributed by atoms with E-state index in [0.717, 1.165) is 18.7 Å². The summed E-state index contributed by atoms with van der Waals surface area (Å²) in [5.41, 5.74) is 1.14. The second-order valence-electron chi connectivity index (χ2n) is 4.22. The summed E-state index contributed by atoms with van der Waals surface area (Å²) >= 11 is 0. The Bertz CT molecular complexity index is 418. The molecule has 1 atom stereocenters. The molecule has 4 nitrogen and oxygen atoms in total. The van der Waals surface area contributed by atoms with E-state index in [1.807, 2.05) is 24.3 Å². The molecule has 0 aliphatic rings. The Labute approximate surface area is 114 Å². The van der Waals surface area contributed by atoms with Gasteiger partial charge in [-0.05, 0) is 31.2 Å². The molecule has 1 rings (SSSR count). The van der Waals surface area contributed by atoms with Crippen LogP contribution in [0, 0.1) is 0 Å². The monoisotopic (exact) mass is 262 g/mol. The highest BCUT2D eigenvalue weighted by Gasteiger charge is 2.13. The quantitative estimate of drug-likeness (QED) is 0.703. The molecule has 4 heteroatoms. The summed E-state index contributed by atoms with van der Waals surface area (Å²) < 4.78 is 5.62. The van der Waals surface area contributed by atoms with E-state index in [9.17, 15) is 4.79 Å². The third kappa shape index (κ3) is 5.57. The summed E-state index contributed by atoms with van der Waals surface area (Å²) in [6.07, 6.45) is 1.12. The number of hydrogen-bond donors (Lipinski definition) is 2. The van der Waals surface area contributed by atoms with Crippen molar-refractivity contribution in [3.8, 4) is 5.75 Å². The Kier molecular flexibility index (Phi) is 6.68. The van der Waals surface area contributed by atoms with Crippen LogP contribution in [-0.4, -0.2) is 25.1 Å². The van der Waals surface area contributed by atoms with E-state index in [1.54, 1.807) is 13.0 Å². The molecule has 0 heterocycles. The highest BCUT2D eigenvalue weighted by atomic mass is 16.5. The number of ether oxygens (including phenoxy) is 1. The van der Waals surface area contributed by atoms with Gasteiger partial charge in [0.1, 0.15) is 5.75 Å². The Morgan fingerprint density at radius 1 is 1.53 bits per heavy atom. The molecular formula is C15H22N2O2. The zero-order chi connectivity index (χ0) is 14.1. The topological polar surface area (TPSA) is 50.4 Å². The van der Waals surface area contributed by atoms with Crippen molar-refractivity contribution in [2.45, 2.75) is 26.5 Å². The fourth-order valence-electron chi connectivity index (χ4n) is 1.57. The van der Waals surface area contributed by atoms with Gasteiger partial charge in [-0.2, -0.15) is 0 Å². The summed E-state index contributed by atoms with van der Waals surface area (Å²) in [5.74, 6) is 0.564. The summed E-state index contributed by atoms with van der Waals surface area (Å²) in [6.45, 7) is 9.52. The minimum Gasteiger partial charge on any atom is -0.481 e. The van der Waals surface area contributed by atoms with E-state index in [4.69, 9.17) is 4.74 Å². The average Bonchev–Trinajstić information content (AvgIpc) is 2.42. The number of benzene rings is 1. The van der Waals surface area contributed by atoms with Crippen LogP contribution >= 0.6 is 0 Å². The van der Waals surface area contributed by atoms with E-state index in [2.05, 4.69) is 24.1 Å². The zero-order valence-electron chi connectivity index (χ0n) is 11.6. The van der Waals surface area contributed by atoms with E-state index < -0.39 is 6.10 Å². The van der Waals surface area contributed by atoms with Crippen LogP contribution < -0.4 is 15.4 Å². The first-order valence-corrected chi connectivity index (χ1v) is 6.52. The van der Waals surface area contributed by atoms with Gasteiger partial charge in [0.2, 0.25) is 0 Å². The lowest BCUT2D eigenvalue weighted by Crippen LogP contribution is -2.36. The lowest BCUT2D eigenvalue weighted by atomic mass is 10.2. The van der Waals surface area contributed by atoms with E-state index in [-0.39, 0.29) is 5.91 Å². The maximum atomic E-state index is 11.7. The highest BCUT2D eigenvalue weighted by molar-refractivity contribution is 5.80. The Morgan fingerprint density at radius 2 is 2.32 bits per heavy atom. The van der Waals surface area contributed by atoms with Crippen LogP contribution in [0.4, 0.5) is 0 Å². The van der Waals surface area contributed by atoms with E-state index in [1.165, 1.54) is 0 Å². The van der Waals surface area contributed by atoms with Gasteiger partial charge < -0.3 is 15.4 Å². The van der Waals surface area contributed by atoms with Crippen molar-refractivity contribution in [3.05, 3.63) is 42.5 Å². The van der Waals surface area contributed by atoms with Gasteiger partial charge in [0.15, 0.2) is 6.10 Å². The Balaban J connectivity index is 2.55. The van der Waals surface area contributed by atoms with Crippen molar-refractivity contribution < 1.29 is 9.53 Å². The number of carbonyl (C=O) groups excluding carboxylic acids is 1. The van der Waals surface area contributed by atoms with Crippen LogP contribution in [0.25, 0.3) is 0 Å². The first-order valence-electron chi connectivity index (χ1n) is 6.52. The molecule has 104 valence electrons. The standard InChI is InChI=1S/C15H22N2O2/c1-4-9-17-15(18)12(3)19-14-8-6-7-13(10-14)11-16-5-2/h4,6-8,10,12,16H,1,5,9,11H2,2-3H3,(H,17,18). The van der Waals surface area contributed by atoms with E-state index >= 15 is 0 Å². The number of amides is 1. The second kappa shape index (κ2) is 8.32. The molecule has 0 aromatic heterocycles. The van der Waals surface area contributed by atoms with Crippen molar-refractivity contribution in [1.29, 1.82) is 0 Å². The minimum absolute atomic E-state index is 0.142. The Morgan fingerprint density at radius 3 is 3.00 bits per heavy atom. The zero-order valence-corrected chi connectivity index (χ0v) is 11.6. The summed E-state index contributed by atoms with van der Waals surface area (Å²) in [6, 6.07) is 7.75. The molecule has 0 aliphatic carbocycles. The molecule has 1 amide bonds. The van der Waals surface area contributed by atoms with Crippen molar-refractivity contribution in [1.82, 2.24) is 10.6 Å². The molecule has 1 aromatic rings. The molecule has 0 aliphatic heterocycles. The van der Waals surface area contributed by atoms with Crippen LogP contribution in [0.3, 0.4) is 0 Å². The largest absolute Gasteiger partial charge is 0.481 e. The van der Waals surface area contributed by atoms with Crippen molar-refractivity contribution in [2.75, 3.05) is 13.1 Å². The number of nitrogens with one attached hydrogen (secondary N) is 2. The molecular weight excluding hydrogens is 240 g/mol. The first kappa shape index (κ1) is 15.2. The average molecular weight is 262 g/mol. The third-order valence-electron chi connectivity index (χ3n) is 2.58. The van der Waals surface area contributed by atoms with Gasteiger partial charge in [0.05, 0.1) is 0 Å². The molecule has 0 bridgehead atoms. The molecule has 1 unspecified atom stereocenters. The SMILES string of the molecule is C=CCNC(=O)C(C)Oc1cccc(CNCC)c1. The fraction of sp³-hybridized carbons (Fsp3) is 0.400. The van der Waals surface area contributed by atoms with Crippen molar-refractivity contribution >= 4 is 5.91 Å². The van der Waals surface area contributed by atoms with Gasteiger partial charge >= 0.3 is 0 Å². The summed E-state index contributed by atoms with van der Waals surface area (Å²) in [4.78, 5) is 11.7. The van der Waals surface area contributed by atoms with Crippen LogP contribution in [-0.2, 0) is 11.3 Å². The molecule has 19 heavy (non-hydrogen) atoms. The molecule has 1 aromatic carbocycles. The van der Waals surface area contributed by atoms with Crippen LogP contribution in [0.2, 0.25) is 0 Å². The van der Waals surface area contributed by atoms with Crippen molar-refractivity contribution in [2.24, 2.45) is 0 Å². The van der Waals surface area contributed by atoms with E-state index in [0.29, 0.717) is 12.3 Å². The second-order valence-corrected chi connectivity index (χ2v) is 4.22. The summed E-state index contributed by atoms with van der Waals surface area (Å²) in [7, 11) is 0. The predicted molar refractivity (Wildman–Crippen MR) is 77.1 cm³/mol. The van der Waals surface area contributed by atoms with Gasteiger partial charge in [0, 0.05) is 13.1 Å². The molecule has 0 radical (unpaired) electrons. The number of rotatable bonds is 8. The third-order valence-corrected chi connectivity index (χ3v) is 2.58. The van der Waals surface area contributed by atoms with Gasteiger partial charge in [0.25, 0.3) is 5.91 Å². The maximum Gasteiger partial charge on any atom is 0.261 e. The first-order chi connectivity index (χ1) is 9.17. The van der Waals surface area contributed by atoms with Crippen LogP contribution in [0.5, 0.6) is 5.75 Å². The molecule has 2 N–H and O–H groups in total. The summed E-state index contributed by atoms with van der Waals surface area (Å²) in [5, 5.41) is 5.96. The lowest BCUT2D eigenvalue weighted by Gasteiger charge is -2.14. The molecule has 0 saturated heterocycles. The van der Waals surface area contributed by atoms with Crippen molar-refractivity contribution in [3.63, 3.8) is 0 Å². The highest BCUT2D eigenvalue weighted by Crippen LogP contribution is 2.15. The Hall–Kier alpha value is -1.81. The maximum absolute atomic E-state index is 11.7. The normalized spacial score (nSPS) is 11.7. The van der Waals surface area contributed by atoms with Gasteiger partial charge in [-0.3, -0.25) is 4.79 Å². The smallest absolute Gasteiger partial charge is 0.261 e. The minimum atomic E-state index is -0.519. The van der Waals surface area contributed by atoms with Crippen LogP contribution in [0.15, 0.2) is 36.9 Å². The van der Waals surface area contributed by atoms with Gasteiger partial charge in [-0.25, -0.2) is 0 Å². The predicted octanol–water partition coefficient (Wildman–Crippen LogP) is 1.87. The molecule has 0 fully saturated rings. The lowest BCUT2D eigenvalue weighted by molar-refractivity contribution is -0.127. The number of carbonyl (C=O) groups is 1. The number of hydrogen-bond acceptors (Lipinski definition) is 3.